The summed E-state index contributed by atoms with van der Waals surface area (Å²) >= 11 is 0. The third-order valence-corrected chi connectivity index (χ3v) is 3.82. The van der Waals surface area contributed by atoms with Gasteiger partial charge in [0.15, 0.2) is 0 Å². The topological polar surface area (TPSA) is 13.7 Å². The highest BCUT2D eigenvalue weighted by Crippen LogP contribution is 2.21. The Kier molecular flexibility index (Phi) is 5.46. The average Bonchev–Trinajstić information content (AvgIpc) is 2.90. The molecule has 1 N–H and O–H groups in total. The number of benzene rings is 1. The van der Waals surface area contributed by atoms with Gasteiger partial charge < -0.3 is 9.64 Å². The van der Waals surface area contributed by atoms with Crippen LogP contribution in [0, 0.1) is 6.92 Å². The van der Waals surface area contributed by atoms with Crippen molar-refractivity contribution in [3.05, 3.63) is 42.0 Å². The molecule has 0 spiro atoms. The van der Waals surface area contributed by atoms with Crippen molar-refractivity contribution in [1.82, 2.24) is 0 Å². The van der Waals surface area contributed by atoms with Crippen molar-refractivity contribution >= 4 is 0 Å². The molecule has 1 fully saturated rings. The SMILES string of the molecule is C=CCc1cc(C)ccc1OCCC[NH+]1CCCC1. The second-order valence-electron chi connectivity index (χ2n) is 5.51. The molecule has 0 unspecified atom stereocenters. The van der Waals surface area contributed by atoms with Crippen molar-refractivity contribution in [2.75, 3.05) is 26.2 Å². The van der Waals surface area contributed by atoms with Gasteiger partial charge in [0.1, 0.15) is 5.75 Å². The molecule has 2 nitrogen and oxygen atoms in total. The molecule has 1 aromatic rings. The zero-order chi connectivity index (χ0) is 13.5. The van der Waals surface area contributed by atoms with Crippen LogP contribution in [-0.4, -0.2) is 26.2 Å². The van der Waals surface area contributed by atoms with Gasteiger partial charge >= 0.3 is 0 Å². The maximum Gasteiger partial charge on any atom is 0.122 e. The van der Waals surface area contributed by atoms with Crippen LogP contribution in [0.15, 0.2) is 30.9 Å². The molecule has 2 heteroatoms. The Hall–Kier alpha value is -1.28. The van der Waals surface area contributed by atoms with Gasteiger partial charge in [0.25, 0.3) is 0 Å². The van der Waals surface area contributed by atoms with Gasteiger partial charge in [-0.15, -0.1) is 6.58 Å². The minimum Gasteiger partial charge on any atom is -0.493 e. The van der Waals surface area contributed by atoms with Crippen LogP contribution in [0.4, 0.5) is 0 Å². The van der Waals surface area contributed by atoms with E-state index in [1.165, 1.54) is 43.6 Å². The van der Waals surface area contributed by atoms with Crippen LogP contribution in [-0.2, 0) is 6.42 Å². The third-order valence-electron chi connectivity index (χ3n) is 3.82. The molecule has 1 aromatic carbocycles. The van der Waals surface area contributed by atoms with Crippen LogP contribution in [0.2, 0.25) is 0 Å². The van der Waals surface area contributed by atoms with Gasteiger partial charge in [-0.1, -0.05) is 23.8 Å². The molecule has 0 aliphatic carbocycles. The molecule has 1 aliphatic rings. The summed E-state index contributed by atoms with van der Waals surface area (Å²) in [6.45, 7) is 10.7. The van der Waals surface area contributed by atoms with Crippen molar-refractivity contribution in [2.24, 2.45) is 0 Å². The maximum absolute atomic E-state index is 5.94. The minimum atomic E-state index is 0.830. The number of hydrogen-bond donors (Lipinski definition) is 1. The van der Waals surface area contributed by atoms with Crippen molar-refractivity contribution in [3.63, 3.8) is 0 Å². The first-order valence-electron chi connectivity index (χ1n) is 7.46. The van der Waals surface area contributed by atoms with E-state index in [1.807, 2.05) is 6.08 Å². The minimum absolute atomic E-state index is 0.830. The van der Waals surface area contributed by atoms with Gasteiger partial charge in [0.2, 0.25) is 0 Å². The van der Waals surface area contributed by atoms with Gasteiger partial charge in [0.05, 0.1) is 26.2 Å². The van der Waals surface area contributed by atoms with Crippen LogP contribution in [0.1, 0.15) is 30.4 Å². The third kappa shape index (κ3) is 4.39. The number of rotatable bonds is 7. The fraction of sp³-hybridized carbons (Fsp3) is 0.529. The van der Waals surface area contributed by atoms with E-state index < -0.39 is 0 Å². The standard InChI is InChI=1S/C17H25NO/c1-3-7-16-14-15(2)8-9-17(16)19-13-6-12-18-10-4-5-11-18/h3,8-9,14H,1,4-7,10-13H2,2H3/p+1. The Morgan fingerprint density at radius 3 is 2.84 bits per heavy atom. The summed E-state index contributed by atoms with van der Waals surface area (Å²) in [6.07, 6.45) is 6.77. The fourth-order valence-corrected chi connectivity index (χ4v) is 2.79. The Bertz CT molecular complexity index is 408. The largest absolute Gasteiger partial charge is 0.493 e. The Labute approximate surface area is 117 Å². The van der Waals surface area contributed by atoms with E-state index in [9.17, 15) is 0 Å². The second-order valence-corrected chi connectivity index (χ2v) is 5.51. The molecule has 0 bridgehead atoms. The number of aryl methyl sites for hydroxylation is 1. The smallest absolute Gasteiger partial charge is 0.122 e. The highest BCUT2D eigenvalue weighted by Gasteiger charge is 2.14. The van der Waals surface area contributed by atoms with E-state index in [-0.39, 0.29) is 0 Å². The molecule has 19 heavy (non-hydrogen) atoms. The number of allylic oxidation sites excluding steroid dienone is 1. The zero-order valence-corrected chi connectivity index (χ0v) is 12.1. The van der Waals surface area contributed by atoms with Crippen molar-refractivity contribution < 1.29 is 9.64 Å². The summed E-state index contributed by atoms with van der Waals surface area (Å²) in [6, 6.07) is 6.41. The van der Waals surface area contributed by atoms with E-state index in [4.69, 9.17) is 4.74 Å². The van der Waals surface area contributed by atoms with Crippen molar-refractivity contribution in [3.8, 4) is 5.75 Å². The molecule has 104 valence electrons. The van der Waals surface area contributed by atoms with E-state index in [0.717, 1.165) is 25.2 Å². The number of hydrogen-bond acceptors (Lipinski definition) is 1. The summed E-state index contributed by atoms with van der Waals surface area (Å²) in [4.78, 5) is 1.75. The van der Waals surface area contributed by atoms with Crippen LogP contribution in [0.25, 0.3) is 0 Å². The zero-order valence-electron chi connectivity index (χ0n) is 12.1. The highest BCUT2D eigenvalue weighted by molar-refractivity contribution is 5.38. The molecule has 1 aliphatic heterocycles. The Morgan fingerprint density at radius 1 is 1.32 bits per heavy atom. The molecule has 1 saturated heterocycles. The van der Waals surface area contributed by atoms with E-state index in [2.05, 4.69) is 31.7 Å². The summed E-state index contributed by atoms with van der Waals surface area (Å²) in [5.74, 6) is 1.03. The summed E-state index contributed by atoms with van der Waals surface area (Å²) < 4.78 is 5.94. The van der Waals surface area contributed by atoms with Gasteiger partial charge in [-0.2, -0.15) is 0 Å². The fourth-order valence-electron chi connectivity index (χ4n) is 2.79. The lowest BCUT2D eigenvalue weighted by Gasteiger charge is -2.14. The summed E-state index contributed by atoms with van der Waals surface area (Å²) in [7, 11) is 0. The lowest BCUT2D eigenvalue weighted by molar-refractivity contribution is -0.887. The molecule has 0 radical (unpaired) electrons. The van der Waals surface area contributed by atoms with Crippen LogP contribution >= 0.6 is 0 Å². The Morgan fingerprint density at radius 2 is 2.11 bits per heavy atom. The quantitative estimate of drug-likeness (QED) is 0.586. The van der Waals surface area contributed by atoms with Gasteiger partial charge in [0, 0.05) is 19.3 Å². The van der Waals surface area contributed by atoms with E-state index >= 15 is 0 Å². The van der Waals surface area contributed by atoms with Crippen LogP contribution < -0.4 is 9.64 Å². The predicted octanol–water partition coefficient (Wildman–Crippen LogP) is 2.17. The maximum atomic E-state index is 5.94. The first kappa shape index (κ1) is 14.1. The summed E-state index contributed by atoms with van der Waals surface area (Å²) in [5.41, 5.74) is 2.54. The monoisotopic (exact) mass is 260 g/mol. The molecule has 0 aromatic heterocycles. The van der Waals surface area contributed by atoms with E-state index in [1.54, 1.807) is 4.90 Å². The first-order valence-corrected chi connectivity index (χ1v) is 7.46. The molecule has 0 saturated carbocycles. The van der Waals surface area contributed by atoms with Crippen LogP contribution in [0.5, 0.6) is 5.75 Å². The van der Waals surface area contributed by atoms with E-state index in [0.29, 0.717) is 0 Å². The van der Waals surface area contributed by atoms with Crippen molar-refractivity contribution in [1.29, 1.82) is 0 Å². The number of nitrogens with one attached hydrogen (secondary N) is 1. The predicted molar refractivity (Wildman–Crippen MR) is 80.0 cm³/mol. The normalized spacial score (nSPS) is 15.6. The number of likely N-dealkylation sites (tertiary alicyclic amines) is 1. The molecule has 0 atom stereocenters. The molecule has 2 rings (SSSR count). The van der Waals surface area contributed by atoms with Crippen molar-refractivity contribution in [2.45, 2.75) is 32.6 Å². The first-order chi connectivity index (χ1) is 9.29. The number of quaternary nitrogens is 1. The average molecular weight is 260 g/mol. The lowest BCUT2D eigenvalue weighted by Crippen LogP contribution is -3.10. The molecular weight excluding hydrogens is 234 g/mol. The number of ether oxygens (including phenoxy) is 1. The van der Waals surface area contributed by atoms with Gasteiger partial charge in [-0.3, -0.25) is 0 Å². The molecular formula is C17H26NO+. The van der Waals surface area contributed by atoms with Gasteiger partial charge in [-0.25, -0.2) is 0 Å². The molecule has 0 amide bonds. The highest BCUT2D eigenvalue weighted by atomic mass is 16.5. The summed E-state index contributed by atoms with van der Waals surface area (Å²) in [5, 5.41) is 0. The molecule has 1 heterocycles. The second kappa shape index (κ2) is 7.34. The lowest BCUT2D eigenvalue weighted by atomic mass is 10.1. The van der Waals surface area contributed by atoms with Gasteiger partial charge in [-0.05, 0) is 25.0 Å². The Balaban J connectivity index is 1.79. The van der Waals surface area contributed by atoms with Crippen LogP contribution in [0.3, 0.4) is 0 Å².